The first-order valence-electron chi connectivity index (χ1n) is 27.0. The Morgan fingerprint density at radius 3 is 0.684 bits per heavy atom. The van der Waals surface area contributed by atoms with Gasteiger partial charge in [-0.25, -0.2) is 0 Å². The van der Waals surface area contributed by atoms with Gasteiger partial charge in [0.1, 0.15) is 0 Å². The molecule has 0 atom stereocenters. The Balaban J connectivity index is 0.736. The lowest BCUT2D eigenvalue weighted by molar-refractivity contribution is 1.28. The van der Waals surface area contributed by atoms with E-state index in [1.807, 2.05) is 0 Å². The number of para-hydroxylation sites is 2. The summed E-state index contributed by atoms with van der Waals surface area (Å²) in [5, 5.41) is 2.44. The summed E-state index contributed by atoms with van der Waals surface area (Å²) in [6, 6.07) is 120. The summed E-state index contributed by atoms with van der Waals surface area (Å²) >= 11 is 0. The minimum atomic E-state index is 1.09. The van der Waals surface area contributed by atoms with Crippen molar-refractivity contribution in [3.63, 3.8) is 0 Å². The molecule has 0 saturated heterocycles. The molecule has 0 saturated carbocycles. The summed E-state index contributed by atoms with van der Waals surface area (Å²) in [6.45, 7) is 0. The predicted octanol–water partition coefficient (Wildman–Crippen LogP) is 21.6. The van der Waals surface area contributed by atoms with Crippen LogP contribution in [0.15, 0.2) is 334 Å². The molecule has 79 heavy (non-hydrogen) atoms. The number of anilines is 9. The molecule has 0 N–H and O–H groups in total. The third kappa shape index (κ3) is 10.2. The van der Waals surface area contributed by atoms with Crippen molar-refractivity contribution >= 4 is 62.0 Å². The highest BCUT2D eigenvalue weighted by atomic mass is 15.2. The van der Waals surface area contributed by atoms with Crippen LogP contribution < -0.4 is 14.7 Å². The maximum Gasteiger partial charge on any atom is 0.0540 e. The Morgan fingerprint density at radius 2 is 0.354 bits per heavy atom. The molecular weight excluding hydrogens is 955 g/mol. The lowest BCUT2D eigenvalue weighted by Crippen LogP contribution is -2.10. The number of hydrogen-bond acceptors (Lipinski definition) is 3. The Morgan fingerprint density at radius 1 is 0.139 bits per heavy atom. The van der Waals surface area contributed by atoms with Crippen LogP contribution >= 0.6 is 0 Å². The van der Waals surface area contributed by atoms with Crippen LogP contribution in [-0.2, 0) is 0 Å². The number of fused-ring (bicyclic) bond motifs is 1. The quantitative estimate of drug-likeness (QED) is 0.107. The third-order valence-electron chi connectivity index (χ3n) is 14.9. The monoisotopic (exact) mass is 1010 g/mol. The zero-order chi connectivity index (χ0) is 52.7. The van der Waals surface area contributed by atoms with E-state index in [0.717, 1.165) is 67.9 Å². The van der Waals surface area contributed by atoms with Crippen molar-refractivity contribution in [1.29, 1.82) is 0 Å². The van der Waals surface area contributed by atoms with Crippen LogP contribution in [0.4, 0.5) is 51.2 Å². The standard InChI is InChI=1S/C76H55N3/c1-5-16-56(17-6-1)60-32-44-71(45-33-60)78(72-46-34-61(35-47-72)57-18-7-2-8-19-57)73-52-40-65(41-53-73)64-38-50-70(51-39-64)77(67-22-9-3-10-23-67)69-48-36-62(37-49-69)58-28-30-59(31-29-58)63-42-54-74(55-43-63)79(68-24-11-4-12-25-68)76-27-15-21-66-20-13-14-26-75(66)76/h1-55H. The van der Waals surface area contributed by atoms with Crippen LogP contribution in [0.25, 0.3) is 66.4 Å². The Kier molecular flexibility index (Phi) is 13.4. The molecule has 3 heteroatoms. The Labute approximate surface area is 463 Å². The van der Waals surface area contributed by atoms with Gasteiger partial charge in [-0.05, 0) is 164 Å². The van der Waals surface area contributed by atoms with Crippen molar-refractivity contribution in [2.24, 2.45) is 0 Å². The molecule has 374 valence electrons. The lowest BCUT2D eigenvalue weighted by Gasteiger charge is -2.27. The normalized spacial score (nSPS) is 11.0. The second-order valence-corrected chi connectivity index (χ2v) is 19.8. The first kappa shape index (κ1) is 48.2. The van der Waals surface area contributed by atoms with Crippen LogP contribution in [0.1, 0.15) is 0 Å². The van der Waals surface area contributed by atoms with E-state index >= 15 is 0 Å². The highest BCUT2D eigenvalue weighted by molar-refractivity contribution is 5.99. The molecule has 0 bridgehead atoms. The molecule has 0 amide bonds. The van der Waals surface area contributed by atoms with Crippen molar-refractivity contribution in [3.8, 4) is 55.6 Å². The molecule has 0 heterocycles. The van der Waals surface area contributed by atoms with Gasteiger partial charge < -0.3 is 14.7 Å². The number of hydrogen-bond donors (Lipinski definition) is 0. The molecule has 0 aliphatic carbocycles. The van der Waals surface area contributed by atoms with Gasteiger partial charge in [0.2, 0.25) is 0 Å². The molecule has 0 aliphatic rings. The van der Waals surface area contributed by atoms with Crippen molar-refractivity contribution in [1.82, 2.24) is 0 Å². The fourth-order valence-corrected chi connectivity index (χ4v) is 10.8. The minimum Gasteiger partial charge on any atom is -0.311 e. The highest BCUT2D eigenvalue weighted by Crippen LogP contribution is 2.42. The van der Waals surface area contributed by atoms with Gasteiger partial charge in [0.25, 0.3) is 0 Å². The van der Waals surface area contributed by atoms with E-state index in [9.17, 15) is 0 Å². The minimum absolute atomic E-state index is 1.09. The number of benzene rings is 13. The Bertz CT molecular complexity index is 4000. The average Bonchev–Trinajstić information content (AvgIpc) is 3.62. The van der Waals surface area contributed by atoms with Crippen molar-refractivity contribution in [2.45, 2.75) is 0 Å². The second kappa shape index (κ2) is 22.0. The molecule has 0 spiro atoms. The lowest BCUT2D eigenvalue weighted by atomic mass is 9.99. The van der Waals surface area contributed by atoms with E-state index in [-0.39, 0.29) is 0 Å². The predicted molar refractivity (Wildman–Crippen MR) is 335 cm³/mol. The highest BCUT2D eigenvalue weighted by Gasteiger charge is 2.18. The maximum absolute atomic E-state index is 2.35. The van der Waals surface area contributed by atoms with Gasteiger partial charge in [-0.3, -0.25) is 0 Å². The topological polar surface area (TPSA) is 9.72 Å². The van der Waals surface area contributed by atoms with Crippen LogP contribution in [0.5, 0.6) is 0 Å². The molecule has 13 rings (SSSR count). The summed E-state index contributed by atoms with van der Waals surface area (Å²) in [5.41, 5.74) is 21.7. The number of nitrogens with zero attached hydrogens (tertiary/aromatic N) is 3. The molecule has 3 nitrogen and oxygen atoms in total. The van der Waals surface area contributed by atoms with Gasteiger partial charge in [-0.2, -0.15) is 0 Å². The van der Waals surface area contributed by atoms with Gasteiger partial charge in [0.05, 0.1) is 5.69 Å². The molecule has 13 aromatic carbocycles. The zero-order valence-corrected chi connectivity index (χ0v) is 43.6. The van der Waals surface area contributed by atoms with Crippen molar-refractivity contribution < 1.29 is 0 Å². The zero-order valence-electron chi connectivity index (χ0n) is 43.6. The first-order chi connectivity index (χ1) is 39.2. The second-order valence-electron chi connectivity index (χ2n) is 19.8. The maximum atomic E-state index is 2.35. The van der Waals surface area contributed by atoms with Crippen LogP contribution in [0.3, 0.4) is 0 Å². The van der Waals surface area contributed by atoms with E-state index in [1.165, 1.54) is 49.7 Å². The first-order valence-corrected chi connectivity index (χ1v) is 27.0. The molecule has 13 aromatic rings. The molecule has 0 fully saturated rings. The summed E-state index contributed by atoms with van der Waals surface area (Å²) in [5.74, 6) is 0. The van der Waals surface area contributed by atoms with Gasteiger partial charge in [0, 0.05) is 50.9 Å². The smallest absolute Gasteiger partial charge is 0.0540 e. The van der Waals surface area contributed by atoms with Gasteiger partial charge in [-0.1, -0.05) is 231 Å². The largest absolute Gasteiger partial charge is 0.311 e. The molecule has 0 aliphatic heterocycles. The van der Waals surface area contributed by atoms with Crippen LogP contribution in [0.2, 0.25) is 0 Å². The SMILES string of the molecule is c1ccc(-c2ccc(N(c3ccc(-c4ccccc4)cc3)c3ccc(-c4ccc(N(c5ccccc5)c5ccc(-c6ccc(-c7ccc(N(c8ccccc8)c8cccc9ccccc89)cc7)cc6)cc5)cc4)cc3)cc2)cc1. The summed E-state index contributed by atoms with van der Waals surface area (Å²) in [4.78, 5) is 7.01. The van der Waals surface area contributed by atoms with Gasteiger partial charge >= 0.3 is 0 Å². The average molecular weight is 1010 g/mol. The molecule has 0 unspecified atom stereocenters. The summed E-state index contributed by atoms with van der Waals surface area (Å²) < 4.78 is 0. The molecular formula is C76H55N3. The van der Waals surface area contributed by atoms with E-state index in [2.05, 4.69) is 348 Å². The fraction of sp³-hybridized carbons (Fsp3) is 0. The van der Waals surface area contributed by atoms with Crippen LogP contribution in [-0.4, -0.2) is 0 Å². The summed E-state index contributed by atoms with van der Waals surface area (Å²) in [7, 11) is 0. The molecule has 0 radical (unpaired) electrons. The third-order valence-corrected chi connectivity index (χ3v) is 14.9. The van der Waals surface area contributed by atoms with E-state index < -0.39 is 0 Å². The van der Waals surface area contributed by atoms with Crippen LogP contribution in [0, 0.1) is 0 Å². The van der Waals surface area contributed by atoms with Gasteiger partial charge in [-0.15, -0.1) is 0 Å². The Hall–Kier alpha value is -10.5. The van der Waals surface area contributed by atoms with E-state index in [4.69, 9.17) is 0 Å². The van der Waals surface area contributed by atoms with Gasteiger partial charge in [0.15, 0.2) is 0 Å². The van der Waals surface area contributed by atoms with E-state index in [1.54, 1.807) is 0 Å². The molecule has 0 aromatic heterocycles. The summed E-state index contributed by atoms with van der Waals surface area (Å²) in [6.07, 6.45) is 0. The fourth-order valence-electron chi connectivity index (χ4n) is 10.8. The van der Waals surface area contributed by atoms with Crippen molar-refractivity contribution in [3.05, 3.63) is 334 Å². The number of rotatable bonds is 14. The van der Waals surface area contributed by atoms with E-state index in [0.29, 0.717) is 0 Å². The van der Waals surface area contributed by atoms with Crippen molar-refractivity contribution in [2.75, 3.05) is 14.7 Å².